The predicted molar refractivity (Wildman–Crippen MR) is 71.7 cm³/mol. The van der Waals surface area contributed by atoms with Gasteiger partial charge < -0.3 is 5.32 Å². The van der Waals surface area contributed by atoms with Crippen molar-refractivity contribution in [1.82, 2.24) is 4.98 Å². The second-order valence-electron chi connectivity index (χ2n) is 3.72. The average molecular weight is 266 g/mol. The zero-order chi connectivity index (χ0) is 13.5. The highest BCUT2D eigenvalue weighted by molar-refractivity contribution is 7.99. The van der Waals surface area contributed by atoms with E-state index in [2.05, 4.69) is 17.2 Å². The Morgan fingerprint density at radius 3 is 3.00 bits per heavy atom. The zero-order valence-electron chi connectivity index (χ0n) is 10.2. The standard InChI is InChI=1S/C11H14N4O2S/c1-8(18-2)3-4-13-11-10(15(16)17)5-9(6-12)7-14-11/h5,7-8H,3-4H2,1-2H3,(H,13,14). The van der Waals surface area contributed by atoms with Gasteiger partial charge in [0, 0.05) is 24.1 Å². The van der Waals surface area contributed by atoms with Gasteiger partial charge in [-0.3, -0.25) is 10.1 Å². The Labute approximate surface area is 110 Å². The number of aromatic nitrogens is 1. The van der Waals surface area contributed by atoms with Crippen LogP contribution in [-0.2, 0) is 0 Å². The molecule has 6 nitrogen and oxygen atoms in total. The van der Waals surface area contributed by atoms with Crippen LogP contribution in [0.25, 0.3) is 0 Å². The molecule has 0 fully saturated rings. The maximum absolute atomic E-state index is 10.9. The van der Waals surface area contributed by atoms with Gasteiger partial charge in [0.05, 0.1) is 10.5 Å². The van der Waals surface area contributed by atoms with E-state index >= 15 is 0 Å². The van der Waals surface area contributed by atoms with E-state index in [1.54, 1.807) is 11.8 Å². The highest BCUT2D eigenvalue weighted by atomic mass is 32.2. The molecule has 1 atom stereocenters. The SMILES string of the molecule is CSC(C)CCNc1ncc(C#N)cc1[N+](=O)[O-]. The van der Waals surface area contributed by atoms with Crippen LogP contribution >= 0.6 is 11.8 Å². The summed E-state index contributed by atoms with van der Waals surface area (Å²) >= 11 is 1.74. The summed E-state index contributed by atoms with van der Waals surface area (Å²) in [6.45, 7) is 2.70. The van der Waals surface area contributed by atoms with E-state index in [1.165, 1.54) is 12.3 Å². The monoisotopic (exact) mass is 266 g/mol. The van der Waals surface area contributed by atoms with Crippen LogP contribution in [0.1, 0.15) is 18.9 Å². The number of nitrogens with zero attached hydrogens (tertiary/aromatic N) is 3. The number of nitriles is 1. The van der Waals surface area contributed by atoms with Crippen molar-refractivity contribution >= 4 is 23.3 Å². The van der Waals surface area contributed by atoms with Gasteiger partial charge in [0.1, 0.15) is 6.07 Å². The molecule has 1 aromatic rings. The van der Waals surface area contributed by atoms with Gasteiger partial charge in [-0.05, 0) is 12.7 Å². The quantitative estimate of drug-likeness (QED) is 0.628. The lowest BCUT2D eigenvalue weighted by Crippen LogP contribution is -2.10. The highest BCUT2D eigenvalue weighted by Crippen LogP contribution is 2.22. The third-order valence-corrected chi connectivity index (χ3v) is 3.48. The van der Waals surface area contributed by atoms with Gasteiger partial charge in [0.2, 0.25) is 5.82 Å². The van der Waals surface area contributed by atoms with Gasteiger partial charge in [-0.2, -0.15) is 17.0 Å². The molecule has 0 aliphatic carbocycles. The smallest absolute Gasteiger partial charge is 0.312 e. The molecule has 96 valence electrons. The van der Waals surface area contributed by atoms with E-state index in [0.717, 1.165) is 6.42 Å². The van der Waals surface area contributed by atoms with Gasteiger partial charge in [-0.1, -0.05) is 6.92 Å². The van der Waals surface area contributed by atoms with E-state index in [9.17, 15) is 10.1 Å². The summed E-state index contributed by atoms with van der Waals surface area (Å²) in [6, 6.07) is 3.06. The second-order valence-corrected chi connectivity index (χ2v) is 5.00. The van der Waals surface area contributed by atoms with Crippen LogP contribution in [0.15, 0.2) is 12.3 Å². The van der Waals surface area contributed by atoms with Gasteiger partial charge >= 0.3 is 5.69 Å². The Hall–Kier alpha value is -1.81. The molecule has 0 saturated heterocycles. The molecule has 0 spiro atoms. The number of pyridine rings is 1. The molecule has 1 unspecified atom stereocenters. The fourth-order valence-electron chi connectivity index (χ4n) is 1.30. The van der Waals surface area contributed by atoms with Crippen LogP contribution in [0.4, 0.5) is 11.5 Å². The second kappa shape index (κ2) is 6.81. The van der Waals surface area contributed by atoms with E-state index in [-0.39, 0.29) is 17.1 Å². The lowest BCUT2D eigenvalue weighted by atomic mass is 10.2. The van der Waals surface area contributed by atoms with Gasteiger partial charge in [-0.15, -0.1) is 0 Å². The molecular formula is C11H14N4O2S. The maximum atomic E-state index is 10.9. The van der Waals surface area contributed by atoms with E-state index in [4.69, 9.17) is 5.26 Å². The highest BCUT2D eigenvalue weighted by Gasteiger charge is 2.16. The van der Waals surface area contributed by atoms with Gasteiger partial charge in [0.15, 0.2) is 0 Å². The van der Waals surface area contributed by atoms with Crippen LogP contribution in [0.3, 0.4) is 0 Å². The van der Waals surface area contributed by atoms with Crippen molar-refractivity contribution in [2.45, 2.75) is 18.6 Å². The third-order valence-electron chi connectivity index (χ3n) is 2.44. The van der Waals surface area contributed by atoms with Crippen LogP contribution in [0.2, 0.25) is 0 Å². The van der Waals surface area contributed by atoms with Gasteiger partial charge in [0.25, 0.3) is 0 Å². The molecule has 1 N–H and O–H groups in total. The molecular weight excluding hydrogens is 252 g/mol. The van der Waals surface area contributed by atoms with Crippen molar-refractivity contribution < 1.29 is 4.92 Å². The molecule has 0 aliphatic heterocycles. The summed E-state index contributed by atoms with van der Waals surface area (Å²) in [5, 5.41) is 23.0. The maximum Gasteiger partial charge on any atom is 0.312 e. The molecule has 0 saturated carbocycles. The Morgan fingerprint density at radius 1 is 1.72 bits per heavy atom. The minimum atomic E-state index is -0.534. The molecule has 1 rings (SSSR count). The molecule has 1 heterocycles. The molecule has 18 heavy (non-hydrogen) atoms. The lowest BCUT2D eigenvalue weighted by molar-refractivity contribution is -0.384. The average Bonchev–Trinajstić information content (AvgIpc) is 2.38. The largest absolute Gasteiger partial charge is 0.364 e. The minimum absolute atomic E-state index is 0.161. The number of hydrogen-bond acceptors (Lipinski definition) is 6. The lowest BCUT2D eigenvalue weighted by Gasteiger charge is -2.09. The first kappa shape index (κ1) is 14.3. The number of nitrogens with one attached hydrogen (secondary N) is 1. The predicted octanol–water partition coefficient (Wildman–Crippen LogP) is 2.41. The summed E-state index contributed by atoms with van der Waals surface area (Å²) in [7, 11) is 0. The topological polar surface area (TPSA) is 91.8 Å². The van der Waals surface area contributed by atoms with Crippen LogP contribution in [-0.4, -0.2) is 28.0 Å². The summed E-state index contributed by atoms with van der Waals surface area (Å²) in [5.41, 5.74) is 0.0237. The zero-order valence-corrected chi connectivity index (χ0v) is 11.0. The van der Waals surface area contributed by atoms with Crippen molar-refractivity contribution in [2.75, 3.05) is 18.1 Å². The molecule has 0 amide bonds. The van der Waals surface area contributed by atoms with E-state index in [0.29, 0.717) is 11.8 Å². The fraction of sp³-hybridized carbons (Fsp3) is 0.455. The molecule has 0 bridgehead atoms. The Kier molecular flexibility index (Phi) is 5.39. The minimum Gasteiger partial charge on any atom is -0.364 e. The number of nitro groups is 1. The molecule has 0 aliphatic rings. The first-order valence-corrected chi connectivity index (χ1v) is 6.68. The Morgan fingerprint density at radius 2 is 2.44 bits per heavy atom. The summed E-state index contributed by atoms with van der Waals surface area (Å²) in [5.74, 6) is 0.215. The van der Waals surface area contributed by atoms with Crippen molar-refractivity contribution in [1.29, 1.82) is 5.26 Å². The van der Waals surface area contributed by atoms with Crippen molar-refractivity contribution in [2.24, 2.45) is 0 Å². The number of thioether (sulfide) groups is 1. The molecule has 0 radical (unpaired) electrons. The third kappa shape index (κ3) is 3.89. The molecule has 0 aromatic carbocycles. The summed E-state index contributed by atoms with van der Waals surface area (Å²) in [4.78, 5) is 14.2. The van der Waals surface area contributed by atoms with Gasteiger partial charge in [-0.25, -0.2) is 4.98 Å². The first-order valence-electron chi connectivity index (χ1n) is 5.39. The van der Waals surface area contributed by atoms with Crippen molar-refractivity contribution in [3.05, 3.63) is 27.9 Å². The summed E-state index contributed by atoms with van der Waals surface area (Å²) in [6.07, 6.45) is 4.24. The molecule has 7 heteroatoms. The van der Waals surface area contributed by atoms with Crippen LogP contribution in [0, 0.1) is 21.4 Å². The van der Waals surface area contributed by atoms with Crippen LogP contribution in [0.5, 0.6) is 0 Å². The van der Waals surface area contributed by atoms with Crippen molar-refractivity contribution in [3.8, 4) is 6.07 Å². The Bertz CT molecular complexity index is 473. The number of rotatable bonds is 6. The molecule has 1 aromatic heterocycles. The fourth-order valence-corrected chi connectivity index (χ4v) is 1.65. The van der Waals surface area contributed by atoms with Crippen molar-refractivity contribution in [3.63, 3.8) is 0 Å². The van der Waals surface area contributed by atoms with E-state index < -0.39 is 4.92 Å². The first-order chi connectivity index (χ1) is 8.58. The normalized spacial score (nSPS) is 11.6. The van der Waals surface area contributed by atoms with E-state index in [1.807, 2.05) is 12.3 Å². The number of anilines is 1. The van der Waals surface area contributed by atoms with Crippen LogP contribution < -0.4 is 5.32 Å². The number of hydrogen-bond donors (Lipinski definition) is 1. The Balaban J connectivity index is 2.76. The summed E-state index contributed by atoms with van der Waals surface area (Å²) < 4.78 is 0.